The van der Waals surface area contributed by atoms with Crippen molar-refractivity contribution in [1.82, 2.24) is 14.8 Å². The van der Waals surface area contributed by atoms with Crippen LogP contribution in [-0.2, 0) is 4.79 Å². The second kappa shape index (κ2) is 8.52. The lowest BCUT2D eigenvalue weighted by atomic mass is 9.69. The molecule has 1 aromatic heterocycles. The number of halogens is 1. The lowest BCUT2D eigenvalue weighted by Gasteiger charge is -2.41. The van der Waals surface area contributed by atoms with Gasteiger partial charge in [0, 0.05) is 23.3 Å². The van der Waals surface area contributed by atoms with E-state index < -0.39 is 29.1 Å². The van der Waals surface area contributed by atoms with E-state index in [2.05, 4.69) is 15.4 Å². The minimum atomic E-state index is -1.89. The van der Waals surface area contributed by atoms with Gasteiger partial charge in [-0.25, -0.2) is 4.68 Å². The number of methoxy groups -OCH3 is 3. The molecule has 1 N–H and O–H groups in total. The number of ether oxygens (including phenoxy) is 6. The largest absolute Gasteiger partial charge is 0.496 e. The number of aromatic nitrogens is 3. The summed E-state index contributed by atoms with van der Waals surface area (Å²) in [6.07, 6.45) is 1.70. The van der Waals surface area contributed by atoms with Crippen LogP contribution in [0.2, 0.25) is 5.02 Å². The van der Waals surface area contributed by atoms with Crippen molar-refractivity contribution < 1.29 is 38.0 Å². The molecule has 4 aliphatic rings. The third-order valence-electron chi connectivity index (χ3n) is 7.88. The summed E-state index contributed by atoms with van der Waals surface area (Å²) in [6, 6.07) is 4.26. The van der Waals surface area contributed by atoms with Gasteiger partial charge in [-0.15, -0.1) is 0 Å². The number of hydrogen-bond donors (Lipinski definition) is 1. The van der Waals surface area contributed by atoms with Crippen LogP contribution < -0.4 is 33.7 Å². The molecule has 3 atom stereocenters. The van der Waals surface area contributed by atoms with Crippen molar-refractivity contribution >= 4 is 29.1 Å². The van der Waals surface area contributed by atoms with Gasteiger partial charge in [-0.1, -0.05) is 18.5 Å². The van der Waals surface area contributed by atoms with Crippen molar-refractivity contribution in [3.05, 3.63) is 51.9 Å². The van der Waals surface area contributed by atoms with E-state index in [1.807, 2.05) is 0 Å². The number of nitrogens with zero attached hydrogens (tertiary/aromatic N) is 3. The van der Waals surface area contributed by atoms with Gasteiger partial charge in [-0.2, -0.15) is 10.1 Å². The second-order valence-electron chi connectivity index (χ2n) is 9.81. The van der Waals surface area contributed by atoms with E-state index in [0.29, 0.717) is 46.5 Å². The van der Waals surface area contributed by atoms with Crippen molar-refractivity contribution in [3.63, 3.8) is 0 Å². The van der Waals surface area contributed by atoms with Crippen LogP contribution in [0.3, 0.4) is 0 Å². The molecule has 1 spiro atoms. The molecule has 206 valence electrons. The van der Waals surface area contributed by atoms with Crippen molar-refractivity contribution in [1.29, 1.82) is 0 Å². The number of hydrogen-bond acceptors (Lipinski definition) is 11. The number of carbonyl (C=O) groups excluding carboxylic acids is 2. The van der Waals surface area contributed by atoms with Crippen molar-refractivity contribution in [2.45, 2.75) is 25.0 Å². The number of benzene rings is 2. The highest BCUT2D eigenvalue weighted by Gasteiger charge is 2.63. The summed E-state index contributed by atoms with van der Waals surface area (Å²) in [6.45, 7) is 1.83. The Morgan fingerprint density at radius 1 is 1.02 bits per heavy atom. The smallest absolute Gasteiger partial charge is 0.236 e. The van der Waals surface area contributed by atoms with Gasteiger partial charge in [0.1, 0.15) is 34.5 Å². The molecule has 3 aliphatic heterocycles. The molecule has 1 unspecified atom stereocenters. The van der Waals surface area contributed by atoms with Crippen molar-refractivity contribution in [2.24, 2.45) is 5.92 Å². The molecule has 12 nitrogen and oxygen atoms in total. The highest BCUT2D eigenvalue weighted by Crippen LogP contribution is 2.56. The molecular formula is C27H23ClN4O8. The number of ketones is 2. The topological polar surface area (TPSA) is 132 Å². The summed E-state index contributed by atoms with van der Waals surface area (Å²) < 4.78 is 35.6. The Labute approximate surface area is 232 Å². The lowest BCUT2D eigenvalue weighted by Crippen LogP contribution is -2.58. The third kappa shape index (κ3) is 3.02. The molecule has 40 heavy (non-hydrogen) atoms. The zero-order valence-electron chi connectivity index (χ0n) is 21.9. The van der Waals surface area contributed by atoms with E-state index >= 15 is 0 Å². The van der Waals surface area contributed by atoms with Crippen molar-refractivity contribution in [3.8, 4) is 34.5 Å². The van der Waals surface area contributed by atoms with Crippen LogP contribution in [0.5, 0.6) is 34.5 Å². The Morgan fingerprint density at radius 2 is 1.80 bits per heavy atom. The lowest BCUT2D eigenvalue weighted by molar-refractivity contribution is -0.130. The minimum Gasteiger partial charge on any atom is -0.496 e. The maximum atomic E-state index is 14.7. The van der Waals surface area contributed by atoms with Crippen LogP contribution in [0.25, 0.3) is 0 Å². The Kier molecular flexibility index (Phi) is 5.24. The fourth-order valence-corrected chi connectivity index (χ4v) is 6.27. The van der Waals surface area contributed by atoms with Crippen LogP contribution in [0, 0.1) is 5.92 Å². The predicted molar refractivity (Wildman–Crippen MR) is 139 cm³/mol. The SMILES string of the molecule is COc1cc(OC)c2c(c1Cl)O[C@@]1(C(=O)C3=C(C[C@H]1C)Nc1ncnn1C3c1cc(OC)c3c(c1)OCO3)C2=O. The number of carbonyl (C=O) groups is 2. The minimum absolute atomic E-state index is 0.0378. The zero-order chi connectivity index (χ0) is 27.9. The molecular weight excluding hydrogens is 544 g/mol. The van der Waals surface area contributed by atoms with Gasteiger partial charge < -0.3 is 33.7 Å². The standard InChI is InChI=1S/C27H23ClN4O8/c1-11-5-13-18(24(33)27(11)25(34)19-14(35-2)8-15(36-3)20(28)23(19)40-27)21(32-26(31-13)29-9-30-32)12-6-16(37-4)22-17(7-12)38-10-39-22/h6-9,11,21H,5,10H2,1-4H3,(H,29,30,31)/t11-,21?,27+/m1/s1. The molecule has 0 amide bonds. The molecule has 0 bridgehead atoms. The van der Waals surface area contributed by atoms with E-state index in [1.54, 1.807) is 23.7 Å². The molecule has 0 radical (unpaired) electrons. The monoisotopic (exact) mass is 566 g/mol. The number of rotatable bonds is 4. The molecule has 0 fully saturated rings. The Morgan fingerprint density at radius 3 is 2.55 bits per heavy atom. The number of nitrogens with one attached hydrogen (secondary N) is 1. The first-order valence-corrected chi connectivity index (χ1v) is 12.8. The van der Waals surface area contributed by atoms with Gasteiger partial charge in [0.25, 0.3) is 0 Å². The molecule has 0 saturated heterocycles. The highest BCUT2D eigenvalue weighted by molar-refractivity contribution is 6.36. The predicted octanol–water partition coefficient (Wildman–Crippen LogP) is 3.58. The number of allylic oxidation sites excluding steroid dienone is 1. The molecule has 7 rings (SSSR count). The zero-order valence-corrected chi connectivity index (χ0v) is 22.6. The van der Waals surface area contributed by atoms with E-state index in [-0.39, 0.29) is 34.6 Å². The Bertz CT molecular complexity index is 1670. The van der Waals surface area contributed by atoms with E-state index in [0.717, 1.165) is 0 Å². The van der Waals surface area contributed by atoms with Gasteiger partial charge in [-0.05, 0) is 24.1 Å². The fourth-order valence-electron chi connectivity index (χ4n) is 6.01. The molecule has 0 saturated carbocycles. The Hall–Kier alpha value is -4.45. The van der Waals surface area contributed by atoms with Crippen LogP contribution in [0.15, 0.2) is 35.8 Å². The average molecular weight is 567 g/mol. The first-order chi connectivity index (χ1) is 19.3. The quantitative estimate of drug-likeness (QED) is 0.465. The van der Waals surface area contributed by atoms with E-state index in [9.17, 15) is 9.59 Å². The number of fused-ring (bicyclic) bond motifs is 3. The van der Waals surface area contributed by atoms with Crippen molar-refractivity contribution in [2.75, 3.05) is 33.4 Å². The summed E-state index contributed by atoms with van der Waals surface area (Å²) in [7, 11) is 4.39. The van der Waals surface area contributed by atoms with Gasteiger partial charge in [0.05, 0.1) is 21.3 Å². The first-order valence-electron chi connectivity index (χ1n) is 12.4. The summed E-state index contributed by atoms with van der Waals surface area (Å²) in [5.74, 6) is 0.717. The molecule has 4 heterocycles. The second-order valence-corrected chi connectivity index (χ2v) is 10.2. The molecule has 2 aromatic carbocycles. The molecule has 13 heteroatoms. The maximum Gasteiger partial charge on any atom is 0.236 e. The molecule has 1 aliphatic carbocycles. The first kappa shape index (κ1) is 24.6. The van der Waals surface area contributed by atoms with Gasteiger partial charge in [-0.3, -0.25) is 9.59 Å². The van der Waals surface area contributed by atoms with Crippen LogP contribution in [0.4, 0.5) is 5.95 Å². The maximum absolute atomic E-state index is 14.7. The van der Waals surface area contributed by atoms with E-state index in [4.69, 9.17) is 40.0 Å². The average Bonchev–Trinajstić information content (AvgIpc) is 3.69. The summed E-state index contributed by atoms with van der Waals surface area (Å²) >= 11 is 6.59. The summed E-state index contributed by atoms with van der Waals surface area (Å²) in [4.78, 5) is 33.3. The number of Topliss-reactive ketones (excluding diaryl/α,β-unsaturated/α-hetero) is 2. The van der Waals surface area contributed by atoms with Gasteiger partial charge in [0.2, 0.25) is 35.7 Å². The summed E-state index contributed by atoms with van der Waals surface area (Å²) in [5.41, 5.74) is -0.235. The van der Waals surface area contributed by atoms with Crippen LogP contribution >= 0.6 is 11.6 Å². The van der Waals surface area contributed by atoms with E-state index in [1.165, 1.54) is 33.7 Å². The third-order valence-corrected chi connectivity index (χ3v) is 8.24. The van der Waals surface area contributed by atoms with Crippen LogP contribution in [0.1, 0.15) is 35.3 Å². The van der Waals surface area contributed by atoms with Gasteiger partial charge in [0.15, 0.2) is 17.2 Å². The molecule has 3 aromatic rings. The number of anilines is 1. The summed E-state index contributed by atoms with van der Waals surface area (Å²) in [5, 5.41) is 7.73. The van der Waals surface area contributed by atoms with Gasteiger partial charge >= 0.3 is 0 Å². The van der Waals surface area contributed by atoms with Crippen LogP contribution in [-0.4, -0.2) is 60.1 Å². The fraction of sp³-hybridized carbons (Fsp3) is 0.333. The highest BCUT2D eigenvalue weighted by atomic mass is 35.5. The Balaban J connectivity index is 1.41. The normalized spacial score (nSPS) is 23.8.